The van der Waals surface area contributed by atoms with Crippen molar-refractivity contribution in [3.05, 3.63) is 35.9 Å². The van der Waals surface area contributed by atoms with E-state index in [2.05, 4.69) is 29.6 Å². The highest BCUT2D eigenvalue weighted by Gasteiger charge is 2.22. The number of rotatable bonds is 4. The third kappa shape index (κ3) is 4.15. The summed E-state index contributed by atoms with van der Waals surface area (Å²) in [5.41, 5.74) is 1.35. The lowest BCUT2D eigenvalue weighted by Crippen LogP contribution is -2.41. The fourth-order valence-corrected chi connectivity index (χ4v) is 2.47. The molecule has 0 spiro atoms. The zero-order valence-electron chi connectivity index (χ0n) is 10.9. The van der Waals surface area contributed by atoms with Crippen molar-refractivity contribution in [3.63, 3.8) is 0 Å². The van der Waals surface area contributed by atoms with Gasteiger partial charge in [-0.25, -0.2) is 0 Å². The number of hydrogen-bond acceptors (Lipinski definition) is 2. The fraction of sp³-hybridized carbons (Fsp3) is 0.533. The van der Waals surface area contributed by atoms with Crippen LogP contribution in [0.1, 0.15) is 31.7 Å². The van der Waals surface area contributed by atoms with Gasteiger partial charge in [-0.2, -0.15) is 0 Å². The predicted molar refractivity (Wildman–Crippen MR) is 71.3 cm³/mol. The van der Waals surface area contributed by atoms with Crippen LogP contribution in [-0.4, -0.2) is 24.7 Å². The van der Waals surface area contributed by atoms with Crippen LogP contribution in [0.3, 0.4) is 0 Å². The molecule has 1 aliphatic rings. The summed E-state index contributed by atoms with van der Waals surface area (Å²) in [7, 11) is 0. The Morgan fingerprint density at radius 1 is 1.39 bits per heavy atom. The molecule has 0 aromatic heterocycles. The molecule has 1 amide bonds. The summed E-state index contributed by atoms with van der Waals surface area (Å²) in [6.45, 7) is 2.33. The van der Waals surface area contributed by atoms with E-state index in [9.17, 15) is 4.79 Å². The lowest BCUT2D eigenvalue weighted by atomic mass is 9.98. The molecule has 3 heteroatoms. The van der Waals surface area contributed by atoms with Crippen molar-refractivity contribution in [3.8, 4) is 0 Å². The monoisotopic (exact) mass is 247 g/mol. The Bertz CT molecular complexity index is 377. The minimum absolute atomic E-state index is 0.0590. The molecular formula is C15H21NO2. The number of benzene rings is 1. The molecular weight excluding hydrogens is 226 g/mol. The molecule has 3 nitrogen and oxygen atoms in total. The topological polar surface area (TPSA) is 38.3 Å². The molecule has 0 radical (unpaired) electrons. The zero-order valence-corrected chi connectivity index (χ0v) is 10.9. The van der Waals surface area contributed by atoms with E-state index in [4.69, 9.17) is 4.74 Å². The Labute approximate surface area is 109 Å². The molecule has 2 atom stereocenters. The smallest absolute Gasteiger partial charge is 0.217 e. The fourth-order valence-electron chi connectivity index (χ4n) is 2.47. The van der Waals surface area contributed by atoms with E-state index in [0.29, 0.717) is 0 Å². The molecule has 1 aromatic rings. The summed E-state index contributed by atoms with van der Waals surface area (Å²) < 4.78 is 5.76. The molecule has 1 aromatic carbocycles. The van der Waals surface area contributed by atoms with Crippen LogP contribution in [0.4, 0.5) is 0 Å². The number of carbonyl (C=O) groups excluding carboxylic acids is 1. The molecule has 0 aliphatic carbocycles. The average molecular weight is 247 g/mol. The van der Waals surface area contributed by atoms with Crippen molar-refractivity contribution in [2.24, 2.45) is 0 Å². The summed E-state index contributed by atoms with van der Waals surface area (Å²) in [5, 5.41) is 2.99. The Kier molecular flexibility index (Phi) is 4.76. The van der Waals surface area contributed by atoms with Crippen LogP contribution in [-0.2, 0) is 16.0 Å². The van der Waals surface area contributed by atoms with Crippen molar-refractivity contribution in [1.82, 2.24) is 5.32 Å². The largest absolute Gasteiger partial charge is 0.378 e. The molecule has 0 saturated carbocycles. The molecule has 1 saturated heterocycles. The summed E-state index contributed by atoms with van der Waals surface area (Å²) >= 11 is 0. The SMILES string of the molecule is CC(=O)N[C@H]1CCO[C@@H](CCc2ccccc2)C1. The maximum Gasteiger partial charge on any atom is 0.217 e. The Morgan fingerprint density at radius 3 is 2.89 bits per heavy atom. The van der Waals surface area contributed by atoms with Gasteiger partial charge in [-0.3, -0.25) is 4.79 Å². The van der Waals surface area contributed by atoms with Crippen LogP contribution in [0.25, 0.3) is 0 Å². The third-order valence-electron chi connectivity index (χ3n) is 3.37. The quantitative estimate of drug-likeness (QED) is 0.886. The molecule has 0 bridgehead atoms. The van der Waals surface area contributed by atoms with Crippen LogP contribution in [0.2, 0.25) is 0 Å². The lowest BCUT2D eigenvalue weighted by molar-refractivity contribution is -0.120. The highest BCUT2D eigenvalue weighted by Crippen LogP contribution is 2.18. The summed E-state index contributed by atoms with van der Waals surface area (Å²) in [6, 6.07) is 10.8. The number of nitrogens with one attached hydrogen (secondary N) is 1. The lowest BCUT2D eigenvalue weighted by Gasteiger charge is -2.30. The molecule has 98 valence electrons. The number of hydrogen-bond donors (Lipinski definition) is 1. The van der Waals surface area contributed by atoms with Crippen molar-refractivity contribution in [1.29, 1.82) is 0 Å². The minimum atomic E-state index is 0.0590. The predicted octanol–water partition coefficient (Wildman–Crippen LogP) is 2.30. The number of amides is 1. The van der Waals surface area contributed by atoms with E-state index in [-0.39, 0.29) is 18.1 Å². The van der Waals surface area contributed by atoms with E-state index in [1.165, 1.54) is 5.56 Å². The highest BCUT2D eigenvalue weighted by atomic mass is 16.5. The van der Waals surface area contributed by atoms with Crippen molar-refractivity contribution < 1.29 is 9.53 Å². The van der Waals surface area contributed by atoms with E-state index in [1.807, 2.05) is 6.07 Å². The van der Waals surface area contributed by atoms with Gasteiger partial charge in [0.15, 0.2) is 0 Å². The van der Waals surface area contributed by atoms with Gasteiger partial charge in [-0.15, -0.1) is 0 Å². The van der Waals surface area contributed by atoms with Gasteiger partial charge >= 0.3 is 0 Å². The second-order valence-electron chi connectivity index (χ2n) is 4.94. The Balaban J connectivity index is 1.77. The standard InChI is InChI=1S/C15H21NO2/c1-12(17)16-14-9-10-18-15(11-14)8-7-13-5-3-2-4-6-13/h2-6,14-15H,7-11H2,1H3,(H,16,17)/t14-,15-/m0/s1. The van der Waals surface area contributed by atoms with E-state index in [1.54, 1.807) is 6.92 Å². The Morgan fingerprint density at radius 2 is 2.17 bits per heavy atom. The average Bonchev–Trinajstić information content (AvgIpc) is 2.37. The zero-order chi connectivity index (χ0) is 12.8. The van der Waals surface area contributed by atoms with Crippen LogP contribution in [0, 0.1) is 0 Å². The van der Waals surface area contributed by atoms with Crippen molar-refractivity contribution in [2.75, 3.05) is 6.61 Å². The first kappa shape index (κ1) is 13.1. The molecule has 18 heavy (non-hydrogen) atoms. The Hall–Kier alpha value is -1.35. The first-order valence-corrected chi connectivity index (χ1v) is 6.66. The molecule has 1 aliphatic heterocycles. The second-order valence-corrected chi connectivity index (χ2v) is 4.94. The third-order valence-corrected chi connectivity index (χ3v) is 3.37. The summed E-state index contributed by atoms with van der Waals surface area (Å²) in [6.07, 6.45) is 4.21. The van der Waals surface area contributed by atoms with Gasteiger partial charge in [-0.05, 0) is 31.2 Å². The van der Waals surface area contributed by atoms with Crippen LogP contribution in [0.15, 0.2) is 30.3 Å². The number of carbonyl (C=O) groups is 1. The maximum absolute atomic E-state index is 11.0. The van der Waals surface area contributed by atoms with Gasteiger partial charge in [0.2, 0.25) is 5.91 Å². The van der Waals surface area contributed by atoms with Gasteiger partial charge < -0.3 is 10.1 Å². The molecule has 1 N–H and O–H groups in total. The molecule has 1 fully saturated rings. The van der Waals surface area contributed by atoms with Gasteiger partial charge in [-0.1, -0.05) is 30.3 Å². The maximum atomic E-state index is 11.0. The van der Waals surface area contributed by atoms with Gasteiger partial charge in [0.1, 0.15) is 0 Å². The summed E-state index contributed by atoms with van der Waals surface area (Å²) in [5.74, 6) is 0.0590. The first-order chi connectivity index (χ1) is 8.74. The van der Waals surface area contributed by atoms with Gasteiger partial charge in [0.25, 0.3) is 0 Å². The molecule has 2 rings (SSSR count). The minimum Gasteiger partial charge on any atom is -0.378 e. The number of aryl methyl sites for hydroxylation is 1. The molecule has 1 heterocycles. The molecule has 0 unspecified atom stereocenters. The highest BCUT2D eigenvalue weighted by molar-refractivity contribution is 5.73. The summed E-state index contributed by atoms with van der Waals surface area (Å²) in [4.78, 5) is 11.0. The van der Waals surface area contributed by atoms with E-state index >= 15 is 0 Å². The van der Waals surface area contributed by atoms with Crippen LogP contribution in [0.5, 0.6) is 0 Å². The van der Waals surface area contributed by atoms with Gasteiger partial charge in [0.05, 0.1) is 6.10 Å². The first-order valence-electron chi connectivity index (χ1n) is 6.66. The van der Waals surface area contributed by atoms with Crippen LogP contribution < -0.4 is 5.32 Å². The van der Waals surface area contributed by atoms with E-state index < -0.39 is 0 Å². The van der Waals surface area contributed by atoms with Gasteiger partial charge in [0, 0.05) is 19.6 Å². The van der Waals surface area contributed by atoms with Crippen molar-refractivity contribution in [2.45, 2.75) is 44.8 Å². The normalized spacial score (nSPS) is 23.6. The van der Waals surface area contributed by atoms with E-state index in [0.717, 1.165) is 32.3 Å². The second kappa shape index (κ2) is 6.55. The number of ether oxygens (including phenoxy) is 1. The van der Waals surface area contributed by atoms with Crippen LogP contribution >= 0.6 is 0 Å². The van der Waals surface area contributed by atoms with Crippen molar-refractivity contribution >= 4 is 5.91 Å².